The maximum absolute atomic E-state index is 10.6. The molecule has 3 fully saturated rings. The summed E-state index contributed by atoms with van der Waals surface area (Å²) in [5.74, 6) is 2.62. The Balaban J connectivity index is 1.66. The Bertz CT molecular complexity index is 548. The molecular formula is C22H36O2. The lowest BCUT2D eigenvalue weighted by molar-refractivity contribution is -0.0664. The molecule has 2 N–H and O–H groups in total. The topological polar surface area (TPSA) is 40.5 Å². The highest BCUT2D eigenvalue weighted by molar-refractivity contribution is 5.29. The molecule has 2 heteroatoms. The summed E-state index contributed by atoms with van der Waals surface area (Å²) in [7, 11) is 0. The Morgan fingerprint density at radius 2 is 1.83 bits per heavy atom. The lowest BCUT2D eigenvalue weighted by Gasteiger charge is -2.58. The molecule has 4 aliphatic rings. The van der Waals surface area contributed by atoms with Gasteiger partial charge in [-0.15, -0.1) is 0 Å². The number of aliphatic hydroxyl groups excluding tert-OH is 1. The molecule has 2 nitrogen and oxygen atoms in total. The standard InChI is InChI=1S/C22H36O2/c1-14(23)17-7-8-18-16-6-5-15-13-20(2,24)11-12-21(15,3)19(16)9-10-22(17,18)4/h9,14-18,23-24H,5-8,10-13H2,1-4H3/t14?,15-,16+,17?,18+,20-,21+,22-/m1/s1. The van der Waals surface area contributed by atoms with Gasteiger partial charge < -0.3 is 10.2 Å². The Morgan fingerprint density at radius 3 is 2.54 bits per heavy atom. The lowest BCUT2D eigenvalue weighted by atomic mass is 9.47. The molecular weight excluding hydrogens is 296 g/mol. The first kappa shape index (κ1) is 17.1. The van der Waals surface area contributed by atoms with E-state index in [1.807, 2.05) is 13.8 Å². The molecule has 0 saturated heterocycles. The quantitative estimate of drug-likeness (QED) is 0.683. The number of hydrogen-bond donors (Lipinski definition) is 2. The molecule has 4 aliphatic carbocycles. The van der Waals surface area contributed by atoms with E-state index in [2.05, 4.69) is 19.9 Å². The number of aliphatic hydroxyl groups is 2. The fourth-order valence-corrected chi connectivity index (χ4v) is 7.53. The summed E-state index contributed by atoms with van der Waals surface area (Å²) >= 11 is 0. The monoisotopic (exact) mass is 332 g/mol. The molecule has 0 heterocycles. The molecule has 0 radical (unpaired) electrons. The van der Waals surface area contributed by atoms with Crippen LogP contribution in [0.4, 0.5) is 0 Å². The van der Waals surface area contributed by atoms with E-state index in [9.17, 15) is 10.2 Å². The van der Waals surface area contributed by atoms with E-state index in [0.717, 1.165) is 37.5 Å². The number of allylic oxidation sites excluding steroid dienone is 2. The average molecular weight is 333 g/mol. The number of fused-ring (bicyclic) bond motifs is 5. The summed E-state index contributed by atoms with van der Waals surface area (Å²) in [6.45, 7) is 8.98. The minimum absolute atomic E-state index is 0.174. The Morgan fingerprint density at radius 1 is 1.08 bits per heavy atom. The highest BCUT2D eigenvalue weighted by Crippen LogP contribution is 2.66. The predicted molar refractivity (Wildman–Crippen MR) is 97.5 cm³/mol. The Kier molecular flexibility index (Phi) is 3.80. The van der Waals surface area contributed by atoms with E-state index >= 15 is 0 Å². The van der Waals surface area contributed by atoms with Crippen molar-refractivity contribution in [2.75, 3.05) is 0 Å². The zero-order valence-corrected chi connectivity index (χ0v) is 16.0. The summed E-state index contributed by atoms with van der Waals surface area (Å²) < 4.78 is 0. The summed E-state index contributed by atoms with van der Waals surface area (Å²) in [6.07, 6.45) is 11.7. The second kappa shape index (κ2) is 5.33. The van der Waals surface area contributed by atoms with E-state index in [0.29, 0.717) is 22.7 Å². The molecule has 136 valence electrons. The van der Waals surface area contributed by atoms with E-state index in [1.54, 1.807) is 5.57 Å². The molecule has 0 aliphatic heterocycles. The Hall–Kier alpha value is -0.340. The van der Waals surface area contributed by atoms with Crippen LogP contribution in [0, 0.1) is 34.5 Å². The van der Waals surface area contributed by atoms with Gasteiger partial charge in [0, 0.05) is 0 Å². The van der Waals surface area contributed by atoms with Crippen LogP contribution in [0.15, 0.2) is 11.6 Å². The van der Waals surface area contributed by atoms with Crippen LogP contribution in [-0.4, -0.2) is 21.9 Å². The van der Waals surface area contributed by atoms with Gasteiger partial charge >= 0.3 is 0 Å². The first-order chi connectivity index (χ1) is 11.2. The molecule has 8 atom stereocenters. The third-order valence-electron chi connectivity index (χ3n) is 8.97. The van der Waals surface area contributed by atoms with Crippen LogP contribution in [0.5, 0.6) is 0 Å². The van der Waals surface area contributed by atoms with Crippen molar-refractivity contribution in [1.82, 2.24) is 0 Å². The summed E-state index contributed by atoms with van der Waals surface area (Å²) in [4.78, 5) is 0. The van der Waals surface area contributed by atoms with Gasteiger partial charge in [0.1, 0.15) is 0 Å². The molecule has 0 bridgehead atoms. The lowest BCUT2D eigenvalue weighted by Crippen LogP contribution is -2.51. The van der Waals surface area contributed by atoms with Gasteiger partial charge in [0.2, 0.25) is 0 Å². The van der Waals surface area contributed by atoms with Crippen LogP contribution < -0.4 is 0 Å². The van der Waals surface area contributed by atoms with Crippen LogP contribution in [0.25, 0.3) is 0 Å². The molecule has 3 saturated carbocycles. The zero-order valence-electron chi connectivity index (χ0n) is 16.0. The smallest absolute Gasteiger partial charge is 0.0623 e. The van der Waals surface area contributed by atoms with Gasteiger partial charge in [0.15, 0.2) is 0 Å². The largest absolute Gasteiger partial charge is 0.393 e. The molecule has 0 aromatic heterocycles. The number of hydrogen-bond acceptors (Lipinski definition) is 2. The molecule has 0 amide bonds. The van der Waals surface area contributed by atoms with Gasteiger partial charge in [-0.05, 0) is 99.7 Å². The summed E-state index contributed by atoms with van der Waals surface area (Å²) in [5.41, 5.74) is 1.90. The molecule has 2 unspecified atom stereocenters. The molecule has 0 spiro atoms. The Labute approximate surface area is 147 Å². The molecule has 0 aromatic carbocycles. The minimum Gasteiger partial charge on any atom is -0.393 e. The fourth-order valence-electron chi connectivity index (χ4n) is 7.53. The summed E-state index contributed by atoms with van der Waals surface area (Å²) in [5, 5.41) is 20.9. The zero-order chi connectivity index (χ0) is 17.3. The second-order valence-corrected chi connectivity index (χ2v) is 10.4. The first-order valence-corrected chi connectivity index (χ1v) is 10.3. The van der Waals surface area contributed by atoms with E-state index in [4.69, 9.17) is 0 Å². The van der Waals surface area contributed by atoms with Crippen molar-refractivity contribution < 1.29 is 10.2 Å². The van der Waals surface area contributed by atoms with Crippen molar-refractivity contribution in [3.63, 3.8) is 0 Å². The van der Waals surface area contributed by atoms with Crippen LogP contribution in [-0.2, 0) is 0 Å². The van der Waals surface area contributed by atoms with Crippen molar-refractivity contribution in [3.8, 4) is 0 Å². The van der Waals surface area contributed by atoms with Crippen LogP contribution in [0.2, 0.25) is 0 Å². The maximum atomic E-state index is 10.6. The highest BCUT2D eigenvalue weighted by Gasteiger charge is 2.58. The van der Waals surface area contributed by atoms with Crippen LogP contribution in [0.1, 0.15) is 79.1 Å². The van der Waals surface area contributed by atoms with Crippen molar-refractivity contribution >= 4 is 0 Å². The van der Waals surface area contributed by atoms with Gasteiger partial charge in [-0.2, -0.15) is 0 Å². The van der Waals surface area contributed by atoms with Crippen LogP contribution >= 0.6 is 0 Å². The van der Waals surface area contributed by atoms with Crippen molar-refractivity contribution in [2.24, 2.45) is 34.5 Å². The maximum Gasteiger partial charge on any atom is 0.0623 e. The SMILES string of the molecule is CC(O)C1CC[C@H]2[C@@H]3CC[C@@H]4C[C@](C)(O)CC[C@]4(C)C3=CC[C@]12C. The van der Waals surface area contributed by atoms with Gasteiger partial charge in [0.25, 0.3) is 0 Å². The van der Waals surface area contributed by atoms with Crippen LogP contribution in [0.3, 0.4) is 0 Å². The third kappa shape index (κ3) is 2.28. The fraction of sp³-hybridized carbons (Fsp3) is 0.909. The number of rotatable bonds is 1. The van der Waals surface area contributed by atoms with E-state index in [-0.39, 0.29) is 6.10 Å². The predicted octanol–water partition coefficient (Wildman–Crippen LogP) is 4.70. The average Bonchev–Trinajstić information content (AvgIpc) is 2.85. The molecule has 0 aromatic rings. The van der Waals surface area contributed by atoms with Gasteiger partial charge in [0.05, 0.1) is 11.7 Å². The first-order valence-electron chi connectivity index (χ1n) is 10.3. The molecule has 4 rings (SSSR count). The van der Waals surface area contributed by atoms with Crippen molar-refractivity contribution in [1.29, 1.82) is 0 Å². The summed E-state index contributed by atoms with van der Waals surface area (Å²) in [6, 6.07) is 0. The highest BCUT2D eigenvalue weighted by atomic mass is 16.3. The minimum atomic E-state index is -0.453. The third-order valence-corrected chi connectivity index (χ3v) is 8.97. The molecule has 24 heavy (non-hydrogen) atoms. The second-order valence-electron chi connectivity index (χ2n) is 10.4. The normalized spacial score (nSPS) is 55.2. The van der Waals surface area contributed by atoms with Gasteiger partial charge in [-0.25, -0.2) is 0 Å². The van der Waals surface area contributed by atoms with E-state index in [1.165, 1.54) is 25.7 Å². The van der Waals surface area contributed by atoms with Gasteiger partial charge in [-0.1, -0.05) is 25.5 Å². The van der Waals surface area contributed by atoms with Crippen molar-refractivity contribution in [3.05, 3.63) is 11.6 Å². The van der Waals surface area contributed by atoms with E-state index < -0.39 is 5.60 Å². The van der Waals surface area contributed by atoms with Gasteiger partial charge in [-0.3, -0.25) is 0 Å². The van der Waals surface area contributed by atoms with Crippen molar-refractivity contribution in [2.45, 2.75) is 90.8 Å².